The number of hydrogen-bond donors (Lipinski definition) is 0. The summed E-state index contributed by atoms with van der Waals surface area (Å²) < 4.78 is 10.8. The lowest BCUT2D eigenvalue weighted by molar-refractivity contribution is -0.132. The highest BCUT2D eigenvalue weighted by atomic mass is 16.5. The number of hydrogen-bond acceptors (Lipinski definition) is 6. The molecule has 2 aliphatic rings. The molecule has 0 aliphatic carbocycles. The molecule has 0 unspecified atom stereocenters. The molecule has 1 fully saturated rings. The first-order valence-electron chi connectivity index (χ1n) is 10.8. The van der Waals surface area contributed by atoms with E-state index in [-0.39, 0.29) is 5.91 Å². The number of ether oxygens (including phenoxy) is 2. The molecule has 1 amide bonds. The molecular weight excluding hydrogens is 380 g/mol. The van der Waals surface area contributed by atoms with Crippen LogP contribution in [0.25, 0.3) is 0 Å². The summed E-state index contributed by atoms with van der Waals surface area (Å²) in [7, 11) is 1.67. The van der Waals surface area contributed by atoms with Gasteiger partial charge < -0.3 is 19.3 Å². The highest BCUT2D eigenvalue weighted by Crippen LogP contribution is 2.28. The smallest absolute Gasteiger partial charge is 0.222 e. The third-order valence-electron chi connectivity index (χ3n) is 5.73. The van der Waals surface area contributed by atoms with Gasteiger partial charge in [-0.1, -0.05) is 19.1 Å². The minimum atomic E-state index is 0.221. The summed E-state index contributed by atoms with van der Waals surface area (Å²) in [5.74, 6) is 2.86. The second kappa shape index (κ2) is 9.43. The fourth-order valence-electron chi connectivity index (χ4n) is 4.07. The number of fused-ring (bicyclic) bond motifs is 1. The molecule has 0 radical (unpaired) electrons. The molecule has 2 aliphatic heterocycles. The van der Waals surface area contributed by atoms with E-state index in [2.05, 4.69) is 17.0 Å². The van der Waals surface area contributed by atoms with Gasteiger partial charge in [-0.05, 0) is 24.1 Å². The van der Waals surface area contributed by atoms with E-state index in [4.69, 9.17) is 19.4 Å². The third kappa shape index (κ3) is 4.56. The molecule has 30 heavy (non-hydrogen) atoms. The lowest BCUT2D eigenvalue weighted by Gasteiger charge is -2.34. The van der Waals surface area contributed by atoms with Gasteiger partial charge in [0, 0.05) is 44.5 Å². The van der Waals surface area contributed by atoms with E-state index in [0.717, 1.165) is 66.7 Å². The van der Waals surface area contributed by atoms with Gasteiger partial charge in [0.2, 0.25) is 5.91 Å². The van der Waals surface area contributed by atoms with Crippen molar-refractivity contribution < 1.29 is 14.3 Å². The number of amides is 1. The summed E-state index contributed by atoms with van der Waals surface area (Å²) in [6.45, 7) is 6.40. The number of rotatable bonds is 6. The van der Waals surface area contributed by atoms with E-state index < -0.39 is 0 Å². The highest BCUT2D eigenvalue weighted by Gasteiger charge is 2.28. The second-order valence-corrected chi connectivity index (χ2v) is 7.83. The molecule has 3 heterocycles. The summed E-state index contributed by atoms with van der Waals surface area (Å²) >= 11 is 0. The quantitative estimate of drug-likeness (QED) is 0.729. The normalized spacial score (nSPS) is 16.3. The Morgan fingerprint density at radius 1 is 1.13 bits per heavy atom. The van der Waals surface area contributed by atoms with E-state index in [1.165, 1.54) is 0 Å². The van der Waals surface area contributed by atoms with Crippen LogP contribution in [0.2, 0.25) is 0 Å². The molecule has 4 rings (SSSR count). The number of carbonyl (C=O) groups is 1. The molecule has 0 N–H and O–H groups in total. The zero-order valence-electron chi connectivity index (χ0n) is 17.9. The average Bonchev–Trinajstić information content (AvgIpc) is 2.79. The van der Waals surface area contributed by atoms with Crippen LogP contribution < -0.4 is 9.64 Å². The van der Waals surface area contributed by atoms with Crippen LogP contribution in [0.3, 0.4) is 0 Å². The van der Waals surface area contributed by atoms with Crippen LogP contribution in [-0.2, 0) is 28.9 Å². The summed E-state index contributed by atoms with van der Waals surface area (Å²) in [5, 5.41) is 0. The van der Waals surface area contributed by atoms with Crippen LogP contribution in [0, 0.1) is 0 Å². The van der Waals surface area contributed by atoms with Crippen molar-refractivity contribution in [2.75, 3.05) is 44.9 Å². The minimum Gasteiger partial charge on any atom is -0.497 e. The summed E-state index contributed by atoms with van der Waals surface area (Å²) in [5.41, 5.74) is 3.33. The molecule has 2 aromatic rings. The van der Waals surface area contributed by atoms with E-state index >= 15 is 0 Å². The molecular formula is C23H30N4O3. The van der Waals surface area contributed by atoms with E-state index in [9.17, 15) is 4.79 Å². The van der Waals surface area contributed by atoms with Gasteiger partial charge in [-0.3, -0.25) is 4.79 Å². The van der Waals surface area contributed by atoms with Gasteiger partial charge >= 0.3 is 0 Å². The number of aromatic nitrogens is 2. The summed E-state index contributed by atoms with van der Waals surface area (Å²) in [4.78, 5) is 26.6. The number of benzene rings is 1. The van der Waals surface area contributed by atoms with Crippen LogP contribution in [0.1, 0.15) is 42.4 Å². The molecule has 1 saturated heterocycles. The van der Waals surface area contributed by atoms with Gasteiger partial charge in [-0.2, -0.15) is 0 Å². The first kappa shape index (κ1) is 20.6. The predicted molar refractivity (Wildman–Crippen MR) is 115 cm³/mol. The van der Waals surface area contributed by atoms with Gasteiger partial charge in [-0.15, -0.1) is 0 Å². The average molecular weight is 411 g/mol. The van der Waals surface area contributed by atoms with Gasteiger partial charge in [0.15, 0.2) is 0 Å². The van der Waals surface area contributed by atoms with Gasteiger partial charge in [0.05, 0.1) is 32.6 Å². The number of anilines is 1. The maximum Gasteiger partial charge on any atom is 0.222 e. The Morgan fingerprint density at radius 2 is 1.90 bits per heavy atom. The van der Waals surface area contributed by atoms with Crippen molar-refractivity contribution in [3.63, 3.8) is 0 Å². The molecule has 0 spiro atoms. The van der Waals surface area contributed by atoms with E-state index in [1.807, 2.05) is 24.0 Å². The van der Waals surface area contributed by atoms with Crippen LogP contribution in [0.15, 0.2) is 24.3 Å². The van der Waals surface area contributed by atoms with E-state index in [1.54, 1.807) is 7.11 Å². The van der Waals surface area contributed by atoms with Crippen LogP contribution in [-0.4, -0.2) is 60.7 Å². The fourth-order valence-corrected chi connectivity index (χ4v) is 4.07. The summed E-state index contributed by atoms with van der Waals surface area (Å²) in [6, 6.07) is 8.05. The topological polar surface area (TPSA) is 67.8 Å². The first-order chi connectivity index (χ1) is 14.7. The van der Waals surface area contributed by atoms with Crippen LogP contribution >= 0.6 is 0 Å². The van der Waals surface area contributed by atoms with Crippen LogP contribution in [0.4, 0.5) is 5.82 Å². The van der Waals surface area contributed by atoms with Gasteiger partial charge in [0.25, 0.3) is 0 Å². The van der Waals surface area contributed by atoms with Gasteiger partial charge in [-0.25, -0.2) is 9.97 Å². The van der Waals surface area contributed by atoms with Crippen molar-refractivity contribution in [1.29, 1.82) is 0 Å². The fraction of sp³-hybridized carbons (Fsp3) is 0.522. The Bertz CT molecular complexity index is 879. The SMILES string of the molecule is CCCC(=O)N1CCc2nc(Cc3ccc(OC)cc3)nc(N3CCOCC3)c2C1. The molecule has 7 nitrogen and oxygen atoms in total. The lowest BCUT2D eigenvalue weighted by Crippen LogP contribution is -2.41. The highest BCUT2D eigenvalue weighted by molar-refractivity contribution is 5.76. The number of methoxy groups -OCH3 is 1. The van der Waals surface area contributed by atoms with Crippen molar-refractivity contribution in [2.45, 2.75) is 39.2 Å². The Labute approximate surface area is 178 Å². The Hall–Kier alpha value is -2.67. The molecule has 7 heteroatoms. The maximum atomic E-state index is 12.5. The minimum absolute atomic E-state index is 0.221. The first-order valence-corrected chi connectivity index (χ1v) is 10.8. The predicted octanol–water partition coefficient (Wildman–Crippen LogP) is 2.60. The maximum absolute atomic E-state index is 12.5. The molecule has 1 aromatic carbocycles. The number of carbonyl (C=O) groups excluding carboxylic acids is 1. The van der Waals surface area contributed by atoms with Crippen molar-refractivity contribution in [3.8, 4) is 5.75 Å². The number of nitrogens with zero attached hydrogens (tertiary/aromatic N) is 4. The molecule has 0 saturated carbocycles. The van der Waals surface area contributed by atoms with Crippen LogP contribution in [0.5, 0.6) is 5.75 Å². The van der Waals surface area contributed by atoms with Crippen molar-refractivity contribution in [1.82, 2.24) is 14.9 Å². The Balaban J connectivity index is 1.64. The van der Waals surface area contributed by atoms with E-state index in [0.29, 0.717) is 32.6 Å². The monoisotopic (exact) mass is 410 g/mol. The third-order valence-corrected chi connectivity index (χ3v) is 5.73. The van der Waals surface area contributed by atoms with Crippen molar-refractivity contribution in [2.24, 2.45) is 0 Å². The Morgan fingerprint density at radius 3 is 2.60 bits per heavy atom. The molecule has 0 atom stereocenters. The standard InChI is InChI=1S/C23H30N4O3/c1-3-4-22(28)27-10-9-20-19(16-27)23(26-11-13-30-14-12-26)25-21(24-20)15-17-5-7-18(29-2)8-6-17/h5-8H,3-4,9-16H2,1-2H3. The molecule has 160 valence electrons. The Kier molecular flexibility index (Phi) is 6.47. The van der Waals surface area contributed by atoms with Crippen molar-refractivity contribution >= 4 is 11.7 Å². The zero-order valence-corrected chi connectivity index (χ0v) is 17.9. The molecule has 1 aromatic heterocycles. The lowest BCUT2D eigenvalue weighted by atomic mass is 10.0. The summed E-state index contributed by atoms with van der Waals surface area (Å²) in [6.07, 6.45) is 2.92. The number of morpholine rings is 1. The second-order valence-electron chi connectivity index (χ2n) is 7.83. The largest absolute Gasteiger partial charge is 0.497 e. The zero-order chi connectivity index (χ0) is 20.9. The molecule has 0 bridgehead atoms. The van der Waals surface area contributed by atoms with Crippen molar-refractivity contribution in [3.05, 3.63) is 46.9 Å². The van der Waals surface area contributed by atoms with Gasteiger partial charge in [0.1, 0.15) is 17.4 Å².